The fraction of sp³-hybridized carbons (Fsp3) is 0.263. The second kappa shape index (κ2) is 6.38. The number of carbonyl (C=O) groups is 2. The van der Waals surface area contributed by atoms with Gasteiger partial charge in [-0.25, -0.2) is 8.42 Å². The smallest absolute Gasteiger partial charge is 0.308 e. The van der Waals surface area contributed by atoms with E-state index in [1.165, 1.54) is 21.3 Å². The number of anilines is 2. The van der Waals surface area contributed by atoms with Crippen LogP contribution in [0.25, 0.3) is 0 Å². The van der Waals surface area contributed by atoms with Gasteiger partial charge in [-0.1, -0.05) is 18.2 Å². The van der Waals surface area contributed by atoms with E-state index in [2.05, 4.69) is 0 Å². The van der Waals surface area contributed by atoms with Crippen molar-refractivity contribution in [3.8, 4) is 0 Å². The lowest BCUT2D eigenvalue weighted by Crippen LogP contribution is -2.29. The molecule has 2 aromatic rings. The number of carbonyl (C=O) groups excluding carboxylic acids is 1. The number of para-hydroxylation sites is 1. The van der Waals surface area contributed by atoms with Crippen molar-refractivity contribution >= 4 is 33.3 Å². The second-order valence-electron chi connectivity index (χ2n) is 6.69. The summed E-state index contributed by atoms with van der Waals surface area (Å²) < 4.78 is 27.4. The minimum Gasteiger partial charge on any atom is -0.481 e. The zero-order chi connectivity index (χ0) is 19.2. The summed E-state index contributed by atoms with van der Waals surface area (Å²) >= 11 is 0. The molecule has 140 valence electrons. The molecule has 0 aliphatic carbocycles. The Balaban J connectivity index is 1.59. The molecular formula is C19H18N2O5S. The Labute approximate surface area is 156 Å². The number of carboxylic acid groups (broad SMARTS) is 1. The standard InChI is InChI=1S/C19H18N2O5S/c22-18-11-14(19(23)24)12-20(18)15-5-7-16(8-6-15)27(25,26)21-10-9-13-3-1-2-4-17(13)21/h1-8,14H,9-12H2,(H,23,24)/t14-/m0/s1. The maximum Gasteiger partial charge on any atom is 0.308 e. The highest BCUT2D eigenvalue weighted by Gasteiger charge is 2.35. The molecule has 1 saturated heterocycles. The van der Waals surface area contributed by atoms with Gasteiger partial charge in [0, 0.05) is 25.2 Å². The van der Waals surface area contributed by atoms with Crippen LogP contribution >= 0.6 is 0 Å². The number of amides is 1. The number of hydrogen-bond acceptors (Lipinski definition) is 4. The largest absolute Gasteiger partial charge is 0.481 e. The number of rotatable bonds is 4. The minimum atomic E-state index is -3.69. The highest BCUT2D eigenvalue weighted by Crippen LogP contribution is 2.33. The van der Waals surface area contributed by atoms with Crippen molar-refractivity contribution in [2.24, 2.45) is 5.92 Å². The van der Waals surface area contributed by atoms with Gasteiger partial charge >= 0.3 is 5.97 Å². The average molecular weight is 386 g/mol. The van der Waals surface area contributed by atoms with Crippen LogP contribution in [-0.2, 0) is 26.0 Å². The van der Waals surface area contributed by atoms with E-state index in [-0.39, 0.29) is 23.8 Å². The molecular weight excluding hydrogens is 368 g/mol. The van der Waals surface area contributed by atoms with Gasteiger partial charge in [0.1, 0.15) is 0 Å². The third-order valence-electron chi connectivity index (χ3n) is 5.06. The Morgan fingerprint density at radius 3 is 2.44 bits per heavy atom. The van der Waals surface area contributed by atoms with E-state index in [0.29, 0.717) is 24.3 Å². The number of hydrogen-bond donors (Lipinski definition) is 1. The van der Waals surface area contributed by atoms with E-state index in [1.54, 1.807) is 18.2 Å². The van der Waals surface area contributed by atoms with Gasteiger partial charge in [-0.3, -0.25) is 13.9 Å². The molecule has 0 radical (unpaired) electrons. The summed E-state index contributed by atoms with van der Waals surface area (Å²) in [5.41, 5.74) is 2.20. The second-order valence-corrected chi connectivity index (χ2v) is 8.56. The van der Waals surface area contributed by atoms with Crippen molar-refractivity contribution in [1.82, 2.24) is 0 Å². The third-order valence-corrected chi connectivity index (χ3v) is 6.88. The maximum atomic E-state index is 13.0. The zero-order valence-corrected chi connectivity index (χ0v) is 15.2. The van der Waals surface area contributed by atoms with Gasteiger partial charge in [0.15, 0.2) is 0 Å². The Kier molecular flexibility index (Phi) is 4.15. The van der Waals surface area contributed by atoms with E-state index in [0.717, 1.165) is 5.56 Å². The molecule has 0 saturated carbocycles. The van der Waals surface area contributed by atoms with Gasteiger partial charge in [-0.15, -0.1) is 0 Å². The molecule has 1 fully saturated rings. The topological polar surface area (TPSA) is 95.0 Å². The Morgan fingerprint density at radius 2 is 1.78 bits per heavy atom. The highest BCUT2D eigenvalue weighted by molar-refractivity contribution is 7.92. The maximum absolute atomic E-state index is 13.0. The molecule has 2 heterocycles. The Bertz CT molecular complexity index is 1020. The van der Waals surface area contributed by atoms with Gasteiger partial charge < -0.3 is 10.0 Å². The van der Waals surface area contributed by atoms with Crippen LogP contribution in [0.2, 0.25) is 0 Å². The van der Waals surface area contributed by atoms with Crippen molar-refractivity contribution in [2.45, 2.75) is 17.7 Å². The third kappa shape index (κ3) is 2.95. The molecule has 1 atom stereocenters. The molecule has 4 rings (SSSR count). The summed E-state index contributed by atoms with van der Waals surface area (Å²) in [6.07, 6.45) is 0.631. The summed E-state index contributed by atoms with van der Waals surface area (Å²) in [5, 5.41) is 9.08. The molecule has 2 aliphatic rings. The summed E-state index contributed by atoms with van der Waals surface area (Å²) in [7, 11) is -3.69. The van der Waals surface area contributed by atoms with Gasteiger partial charge in [-0.2, -0.15) is 0 Å². The number of nitrogens with zero attached hydrogens (tertiary/aromatic N) is 2. The first kappa shape index (κ1) is 17.5. The molecule has 0 bridgehead atoms. The van der Waals surface area contributed by atoms with Crippen molar-refractivity contribution in [1.29, 1.82) is 0 Å². The summed E-state index contributed by atoms with van der Waals surface area (Å²) in [4.78, 5) is 24.7. The summed E-state index contributed by atoms with van der Waals surface area (Å²) in [5.74, 6) is -2.01. The van der Waals surface area contributed by atoms with Gasteiger partial charge in [0.05, 0.1) is 16.5 Å². The number of carboxylic acids is 1. The van der Waals surface area contributed by atoms with E-state index < -0.39 is 21.9 Å². The molecule has 2 aliphatic heterocycles. The van der Waals surface area contributed by atoms with Crippen LogP contribution in [0.1, 0.15) is 12.0 Å². The average Bonchev–Trinajstić information content (AvgIpc) is 3.26. The van der Waals surface area contributed by atoms with Crippen LogP contribution in [-0.4, -0.2) is 38.5 Å². The fourth-order valence-electron chi connectivity index (χ4n) is 3.61. The molecule has 2 aromatic carbocycles. The van der Waals surface area contributed by atoms with Crippen LogP contribution < -0.4 is 9.21 Å². The van der Waals surface area contributed by atoms with Crippen molar-refractivity contribution in [2.75, 3.05) is 22.3 Å². The normalized spacial score (nSPS) is 19.4. The molecule has 8 heteroatoms. The molecule has 0 aromatic heterocycles. The fourth-order valence-corrected chi connectivity index (χ4v) is 5.11. The number of fused-ring (bicyclic) bond motifs is 1. The first-order valence-electron chi connectivity index (χ1n) is 8.62. The van der Waals surface area contributed by atoms with E-state index in [1.807, 2.05) is 18.2 Å². The lowest BCUT2D eigenvalue weighted by atomic mass is 10.1. The van der Waals surface area contributed by atoms with Crippen molar-refractivity contribution in [3.05, 3.63) is 54.1 Å². The number of aliphatic carboxylic acids is 1. The molecule has 1 amide bonds. The lowest BCUT2D eigenvalue weighted by molar-refractivity contribution is -0.141. The van der Waals surface area contributed by atoms with E-state index in [9.17, 15) is 18.0 Å². The van der Waals surface area contributed by atoms with Gasteiger partial charge in [0.2, 0.25) is 5.91 Å². The van der Waals surface area contributed by atoms with Crippen LogP contribution in [0, 0.1) is 5.92 Å². The molecule has 27 heavy (non-hydrogen) atoms. The zero-order valence-electron chi connectivity index (χ0n) is 14.4. The summed E-state index contributed by atoms with van der Waals surface area (Å²) in [6.45, 7) is 0.494. The lowest BCUT2D eigenvalue weighted by Gasteiger charge is -2.21. The Hall–Kier alpha value is -2.87. The first-order valence-corrected chi connectivity index (χ1v) is 10.1. The predicted octanol–water partition coefficient (Wildman–Crippen LogP) is 1.88. The van der Waals surface area contributed by atoms with Gasteiger partial charge in [-0.05, 0) is 42.3 Å². The van der Waals surface area contributed by atoms with E-state index in [4.69, 9.17) is 5.11 Å². The monoisotopic (exact) mass is 386 g/mol. The first-order chi connectivity index (χ1) is 12.9. The van der Waals surface area contributed by atoms with Crippen LogP contribution in [0.3, 0.4) is 0 Å². The van der Waals surface area contributed by atoms with Crippen LogP contribution in [0.5, 0.6) is 0 Å². The van der Waals surface area contributed by atoms with Crippen molar-refractivity contribution in [3.63, 3.8) is 0 Å². The quantitative estimate of drug-likeness (QED) is 0.866. The SMILES string of the molecule is O=C(O)[C@H]1CC(=O)N(c2ccc(S(=O)(=O)N3CCc4ccccc43)cc2)C1. The molecule has 0 spiro atoms. The van der Waals surface area contributed by atoms with Crippen molar-refractivity contribution < 1.29 is 23.1 Å². The van der Waals surface area contributed by atoms with Crippen LogP contribution in [0.4, 0.5) is 11.4 Å². The minimum absolute atomic E-state index is 0.0417. The molecule has 0 unspecified atom stereocenters. The highest BCUT2D eigenvalue weighted by atomic mass is 32.2. The Morgan fingerprint density at radius 1 is 1.07 bits per heavy atom. The molecule has 1 N–H and O–H groups in total. The summed E-state index contributed by atoms with van der Waals surface area (Å²) in [6, 6.07) is 13.5. The molecule has 7 nitrogen and oxygen atoms in total. The predicted molar refractivity (Wildman–Crippen MR) is 99.2 cm³/mol. The van der Waals surface area contributed by atoms with Gasteiger partial charge in [0.25, 0.3) is 10.0 Å². The number of benzene rings is 2. The number of sulfonamides is 1. The van der Waals surface area contributed by atoms with Crippen LogP contribution in [0.15, 0.2) is 53.4 Å². The van der Waals surface area contributed by atoms with E-state index >= 15 is 0 Å².